The minimum absolute atomic E-state index is 0.107. The Morgan fingerprint density at radius 2 is 2.37 bits per heavy atom. The second kappa shape index (κ2) is 5.99. The van der Waals surface area contributed by atoms with Crippen LogP contribution in [0.1, 0.15) is 28.2 Å². The molecule has 19 heavy (non-hydrogen) atoms. The molecular formula is C12H12ClN3O2S. The first-order valence-electron chi connectivity index (χ1n) is 5.61. The summed E-state index contributed by atoms with van der Waals surface area (Å²) in [6.07, 6.45) is 1.75. The van der Waals surface area contributed by atoms with Crippen molar-refractivity contribution in [3.05, 3.63) is 39.4 Å². The van der Waals surface area contributed by atoms with Crippen LogP contribution in [0.25, 0.3) is 0 Å². The predicted molar refractivity (Wildman–Crippen MR) is 75.2 cm³/mol. The molecule has 2 aromatic rings. The highest BCUT2D eigenvalue weighted by Gasteiger charge is 2.14. The molecule has 100 valence electrons. The van der Waals surface area contributed by atoms with Crippen molar-refractivity contribution in [1.29, 1.82) is 0 Å². The van der Waals surface area contributed by atoms with Crippen LogP contribution in [0.4, 0.5) is 5.82 Å². The fourth-order valence-corrected chi connectivity index (χ4v) is 2.40. The van der Waals surface area contributed by atoms with E-state index in [0.29, 0.717) is 6.54 Å². The third kappa shape index (κ3) is 3.42. The molecule has 0 fully saturated rings. The standard InChI is InChI=1S/C12H12ClN3O2S/c1-7(11-14-4-5-19-11)6-15-10-8(12(17)18)2-3-9(13)16-10/h2-5,7H,6H2,1H3,(H,15,16)(H,17,18). The number of aromatic nitrogens is 2. The first-order valence-corrected chi connectivity index (χ1v) is 6.87. The number of thiazole rings is 1. The number of carbonyl (C=O) groups is 1. The summed E-state index contributed by atoms with van der Waals surface area (Å²) in [4.78, 5) is 19.3. The van der Waals surface area contributed by atoms with Gasteiger partial charge in [-0.2, -0.15) is 0 Å². The average molecular weight is 298 g/mol. The van der Waals surface area contributed by atoms with Crippen LogP contribution in [-0.4, -0.2) is 27.6 Å². The number of carboxylic acid groups (broad SMARTS) is 1. The van der Waals surface area contributed by atoms with Gasteiger partial charge in [-0.1, -0.05) is 18.5 Å². The third-order valence-electron chi connectivity index (χ3n) is 2.54. The Morgan fingerprint density at radius 3 is 3.00 bits per heavy atom. The summed E-state index contributed by atoms with van der Waals surface area (Å²) in [5.41, 5.74) is 0.107. The molecule has 2 heterocycles. The molecule has 2 aromatic heterocycles. The van der Waals surface area contributed by atoms with E-state index in [1.54, 1.807) is 17.5 Å². The van der Waals surface area contributed by atoms with Gasteiger partial charge in [-0.25, -0.2) is 14.8 Å². The summed E-state index contributed by atoms with van der Waals surface area (Å²) < 4.78 is 0. The van der Waals surface area contributed by atoms with Crippen molar-refractivity contribution < 1.29 is 9.90 Å². The molecule has 2 rings (SSSR count). The van der Waals surface area contributed by atoms with Crippen LogP contribution in [0.3, 0.4) is 0 Å². The van der Waals surface area contributed by atoms with Gasteiger partial charge in [0.1, 0.15) is 16.5 Å². The van der Waals surface area contributed by atoms with Crippen molar-refractivity contribution in [3.63, 3.8) is 0 Å². The van der Waals surface area contributed by atoms with Gasteiger partial charge < -0.3 is 10.4 Å². The van der Waals surface area contributed by atoms with Crippen LogP contribution >= 0.6 is 22.9 Å². The van der Waals surface area contributed by atoms with Crippen LogP contribution in [0.2, 0.25) is 5.15 Å². The van der Waals surface area contributed by atoms with E-state index in [1.807, 2.05) is 12.3 Å². The lowest BCUT2D eigenvalue weighted by Crippen LogP contribution is -2.14. The number of carboxylic acids is 1. The minimum Gasteiger partial charge on any atom is -0.478 e. The summed E-state index contributed by atoms with van der Waals surface area (Å²) in [5.74, 6) is -0.584. The molecule has 0 aromatic carbocycles. The summed E-state index contributed by atoms with van der Waals surface area (Å²) in [6, 6.07) is 2.90. The van der Waals surface area contributed by atoms with Crippen molar-refractivity contribution in [2.45, 2.75) is 12.8 Å². The molecule has 0 aliphatic carbocycles. The second-order valence-corrected chi connectivity index (χ2v) is 5.30. The van der Waals surface area contributed by atoms with Gasteiger partial charge in [0, 0.05) is 24.0 Å². The SMILES string of the molecule is CC(CNc1nc(Cl)ccc1C(=O)O)c1nccs1. The van der Waals surface area contributed by atoms with E-state index in [4.69, 9.17) is 16.7 Å². The second-order valence-electron chi connectivity index (χ2n) is 3.99. The van der Waals surface area contributed by atoms with Gasteiger partial charge in [0.15, 0.2) is 0 Å². The lowest BCUT2D eigenvalue weighted by atomic mass is 10.2. The molecule has 0 amide bonds. The summed E-state index contributed by atoms with van der Waals surface area (Å²) in [6.45, 7) is 2.55. The van der Waals surface area contributed by atoms with Gasteiger partial charge in [-0.3, -0.25) is 0 Å². The van der Waals surface area contributed by atoms with Crippen LogP contribution in [-0.2, 0) is 0 Å². The highest BCUT2D eigenvalue weighted by molar-refractivity contribution is 7.09. The summed E-state index contributed by atoms with van der Waals surface area (Å²) in [7, 11) is 0. The van der Waals surface area contributed by atoms with Gasteiger partial charge in [0.2, 0.25) is 0 Å². The molecule has 0 saturated carbocycles. The molecular weight excluding hydrogens is 286 g/mol. The zero-order chi connectivity index (χ0) is 13.8. The molecule has 0 radical (unpaired) electrons. The van der Waals surface area contributed by atoms with Crippen molar-refractivity contribution in [2.24, 2.45) is 0 Å². The van der Waals surface area contributed by atoms with Crippen LogP contribution in [0, 0.1) is 0 Å². The molecule has 0 aliphatic heterocycles. The Bertz CT molecular complexity index is 574. The van der Waals surface area contributed by atoms with Crippen molar-refractivity contribution in [2.75, 3.05) is 11.9 Å². The predicted octanol–water partition coefficient (Wildman–Crippen LogP) is 3.11. The van der Waals surface area contributed by atoms with Crippen LogP contribution in [0.5, 0.6) is 0 Å². The number of hydrogen-bond acceptors (Lipinski definition) is 5. The van der Waals surface area contributed by atoms with Crippen LogP contribution in [0.15, 0.2) is 23.7 Å². The molecule has 2 N–H and O–H groups in total. The van der Waals surface area contributed by atoms with Gasteiger partial charge in [-0.05, 0) is 12.1 Å². The Balaban J connectivity index is 2.10. The number of nitrogens with zero attached hydrogens (tertiary/aromatic N) is 2. The molecule has 1 atom stereocenters. The van der Waals surface area contributed by atoms with Gasteiger partial charge in [0.25, 0.3) is 0 Å². The first-order chi connectivity index (χ1) is 9.08. The Kier molecular flexibility index (Phi) is 4.34. The number of halogens is 1. The highest BCUT2D eigenvalue weighted by Crippen LogP contribution is 2.21. The van der Waals surface area contributed by atoms with E-state index in [0.717, 1.165) is 5.01 Å². The fourth-order valence-electron chi connectivity index (χ4n) is 1.56. The third-order valence-corrected chi connectivity index (χ3v) is 3.76. The maximum atomic E-state index is 11.1. The van der Waals surface area contributed by atoms with Gasteiger partial charge in [-0.15, -0.1) is 11.3 Å². The van der Waals surface area contributed by atoms with E-state index in [1.165, 1.54) is 12.1 Å². The maximum Gasteiger partial charge on any atom is 0.339 e. The van der Waals surface area contributed by atoms with E-state index in [-0.39, 0.29) is 22.5 Å². The zero-order valence-corrected chi connectivity index (χ0v) is 11.7. The Morgan fingerprint density at radius 1 is 1.58 bits per heavy atom. The van der Waals surface area contributed by atoms with E-state index < -0.39 is 5.97 Å². The number of aromatic carboxylic acids is 1. The average Bonchev–Trinajstić information content (AvgIpc) is 2.89. The summed E-state index contributed by atoms with van der Waals surface area (Å²) >= 11 is 7.35. The largest absolute Gasteiger partial charge is 0.478 e. The molecule has 0 spiro atoms. The minimum atomic E-state index is -1.03. The zero-order valence-electron chi connectivity index (χ0n) is 10.1. The highest BCUT2D eigenvalue weighted by atomic mass is 35.5. The van der Waals surface area contributed by atoms with E-state index >= 15 is 0 Å². The number of anilines is 1. The van der Waals surface area contributed by atoms with Crippen molar-refractivity contribution in [3.8, 4) is 0 Å². The number of nitrogens with one attached hydrogen (secondary N) is 1. The maximum absolute atomic E-state index is 11.1. The van der Waals surface area contributed by atoms with E-state index in [9.17, 15) is 4.79 Å². The first kappa shape index (κ1) is 13.8. The topological polar surface area (TPSA) is 75.1 Å². The molecule has 1 unspecified atom stereocenters. The summed E-state index contributed by atoms with van der Waals surface area (Å²) in [5, 5.41) is 15.2. The van der Waals surface area contributed by atoms with E-state index in [2.05, 4.69) is 15.3 Å². The molecule has 0 bridgehead atoms. The number of rotatable bonds is 5. The Hall–Kier alpha value is -1.66. The van der Waals surface area contributed by atoms with Crippen molar-refractivity contribution in [1.82, 2.24) is 9.97 Å². The van der Waals surface area contributed by atoms with Gasteiger partial charge in [0.05, 0.1) is 5.01 Å². The Labute approximate surface area is 119 Å². The quantitative estimate of drug-likeness (QED) is 0.829. The lowest BCUT2D eigenvalue weighted by Gasteiger charge is -2.12. The van der Waals surface area contributed by atoms with Crippen LogP contribution < -0.4 is 5.32 Å². The monoisotopic (exact) mass is 297 g/mol. The lowest BCUT2D eigenvalue weighted by molar-refractivity contribution is 0.0697. The molecule has 7 heteroatoms. The normalized spacial score (nSPS) is 12.1. The smallest absolute Gasteiger partial charge is 0.339 e. The van der Waals surface area contributed by atoms with Gasteiger partial charge >= 0.3 is 5.97 Å². The number of pyridine rings is 1. The molecule has 0 saturated heterocycles. The number of hydrogen-bond donors (Lipinski definition) is 2. The molecule has 0 aliphatic rings. The fraction of sp³-hybridized carbons (Fsp3) is 0.250. The molecule has 5 nitrogen and oxygen atoms in total. The van der Waals surface area contributed by atoms with Crippen molar-refractivity contribution >= 4 is 34.7 Å².